The molecule has 2 heteroatoms. The van der Waals surface area contributed by atoms with E-state index < -0.39 is 0 Å². The van der Waals surface area contributed by atoms with Crippen molar-refractivity contribution in [3.63, 3.8) is 0 Å². The van der Waals surface area contributed by atoms with Gasteiger partial charge in [-0.1, -0.05) is 45.7 Å². The first kappa shape index (κ1) is 17.0. The van der Waals surface area contributed by atoms with Gasteiger partial charge < -0.3 is 10.5 Å². The number of hydrogen-bond acceptors (Lipinski definition) is 2. The fraction of sp³-hybridized carbons (Fsp3) is 0.667. The minimum atomic E-state index is 0.330. The van der Waals surface area contributed by atoms with E-state index >= 15 is 0 Å². The Balaban J connectivity index is 2.24. The molecule has 0 aromatic heterocycles. The molecule has 0 amide bonds. The van der Waals surface area contributed by atoms with Crippen molar-refractivity contribution in [2.24, 2.45) is 11.7 Å². The molecule has 0 aliphatic heterocycles. The molecule has 0 aliphatic carbocycles. The van der Waals surface area contributed by atoms with Gasteiger partial charge in [0.2, 0.25) is 0 Å². The quantitative estimate of drug-likeness (QED) is 0.636. The molecule has 1 rings (SSSR count). The normalized spacial score (nSPS) is 12.7. The minimum absolute atomic E-state index is 0.330. The molecule has 1 aromatic carbocycles. The highest BCUT2D eigenvalue weighted by Gasteiger charge is 2.06. The van der Waals surface area contributed by atoms with Crippen molar-refractivity contribution in [2.75, 3.05) is 6.61 Å². The molecule has 2 nitrogen and oxygen atoms in total. The molecule has 1 aromatic rings. The number of unbranched alkanes of at least 4 members (excludes halogenated alkanes) is 2. The highest BCUT2D eigenvalue weighted by Crippen LogP contribution is 2.15. The molecule has 1 atom stereocenters. The summed E-state index contributed by atoms with van der Waals surface area (Å²) in [7, 11) is 0. The van der Waals surface area contributed by atoms with Crippen LogP contribution in [0, 0.1) is 5.92 Å². The number of ether oxygens (including phenoxy) is 1. The molecule has 0 saturated carbocycles. The first-order valence-electron chi connectivity index (χ1n) is 8.10. The van der Waals surface area contributed by atoms with Gasteiger partial charge in [0.25, 0.3) is 0 Å². The molecule has 0 heterocycles. The van der Waals surface area contributed by atoms with Crippen molar-refractivity contribution in [3.8, 4) is 5.75 Å². The molecule has 114 valence electrons. The van der Waals surface area contributed by atoms with Gasteiger partial charge >= 0.3 is 0 Å². The molecule has 0 aliphatic rings. The zero-order chi connectivity index (χ0) is 14.8. The first-order chi connectivity index (χ1) is 9.63. The molecule has 2 N–H and O–H groups in total. The molecule has 0 radical (unpaired) electrons. The first-order valence-corrected chi connectivity index (χ1v) is 8.10. The fourth-order valence-electron chi connectivity index (χ4n) is 2.17. The summed E-state index contributed by atoms with van der Waals surface area (Å²) in [6.45, 7) is 7.42. The Kier molecular flexibility index (Phi) is 8.36. The Morgan fingerprint density at radius 3 is 2.35 bits per heavy atom. The maximum atomic E-state index is 6.06. The Bertz CT molecular complexity index is 345. The number of benzene rings is 1. The lowest BCUT2D eigenvalue weighted by atomic mass is 9.98. The van der Waals surface area contributed by atoms with Crippen LogP contribution < -0.4 is 10.5 Å². The highest BCUT2D eigenvalue weighted by molar-refractivity contribution is 5.27. The molecule has 0 saturated heterocycles. The maximum absolute atomic E-state index is 6.06. The fourth-order valence-corrected chi connectivity index (χ4v) is 2.17. The van der Waals surface area contributed by atoms with Gasteiger partial charge in [0, 0.05) is 6.04 Å². The Labute approximate surface area is 124 Å². The van der Waals surface area contributed by atoms with Crippen LogP contribution in [0.3, 0.4) is 0 Å². The van der Waals surface area contributed by atoms with E-state index in [2.05, 4.69) is 45.0 Å². The summed E-state index contributed by atoms with van der Waals surface area (Å²) in [5.41, 5.74) is 7.44. The van der Waals surface area contributed by atoms with Crippen LogP contribution in [0.2, 0.25) is 0 Å². The van der Waals surface area contributed by atoms with Crippen LogP contribution in [-0.2, 0) is 6.42 Å². The summed E-state index contributed by atoms with van der Waals surface area (Å²) in [6, 6.07) is 8.86. The molecule has 0 bridgehead atoms. The second kappa shape index (κ2) is 9.82. The third-order valence-electron chi connectivity index (χ3n) is 3.80. The van der Waals surface area contributed by atoms with Crippen molar-refractivity contribution in [1.29, 1.82) is 0 Å². The van der Waals surface area contributed by atoms with Crippen molar-refractivity contribution < 1.29 is 4.74 Å². The predicted octanol–water partition coefficient (Wildman–Crippen LogP) is 4.56. The SMILES string of the molecule is CCCCCOc1ccc(CCCC(N)C(C)C)cc1. The van der Waals surface area contributed by atoms with Gasteiger partial charge in [0.1, 0.15) is 5.75 Å². The average molecular weight is 277 g/mol. The van der Waals surface area contributed by atoms with E-state index in [0.29, 0.717) is 12.0 Å². The minimum Gasteiger partial charge on any atom is -0.494 e. The zero-order valence-corrected chi connectivity index (χ0v) is 13.4. The second-order valence-corrected chi connectivity index (χ2v) is 6.00. The van der Waals surface area contributed by atoms with E-state index in [0.717, 1.165) is 38.0 Å². The average Bonchev–Trinajstić information content (AvgIpc) is 2.45. The molecular formula is C18H31NO. The van der Waals surface area contributed by atoms with Crippen LogP contribution >= 0.6 is 0 Å². The van der Waals surface area contributed by atoms with Gasteiger partial charge in [-0.2, -0.15) is 0 Å². The number of nitrogens with two attached hydrogens (primary N) is 1. The molecule has 0 fully saturated rings. The molecule has 0 spiro atoms. The molecule has 20 heavy (non-hydrogen) atoms. The van der Waals surface area contributed by atoms with E-state index in [-0.39, 0.29) is 0 Å². The van der Waals surface area contributed by atoms with Crippen LogP contribution in [0.15, 0.2) is 24.3 Å². The lowest BCUT2D eigenvalue weighted by molar-refractivity contribution is 0.306. The Morgan fingerprint density at radius 1 is 1.05 bits per heavy atom. The zero-order valence-electron chi connectivity index (χ0n) is 13.4. The lowest BCUT2D eigenvalue weighted by Gasteiger charge is -2.15. The maximum Gasteiger partial charge on any atom is 0.119 e. The third kappa shape index (κ3) is 6.95. The van der Waals surface area contributed by atoms with Crippen LogP contribution in [0.5, 0.6) is 5.75 Å². The van der Waals surface area contributed by atoms with Crippen LogP contribution in [0.4, 0.5) is 0 Å². The lowest BCUT2D eigenvalue weighted by Crippen LogP contribution is -2.26. The van der Waals surface area contributed by atoms with Crippen LogP contribution in [0.1, 0.15) is 58.4 Å². The van der Waals surface area contributed by atoms with Gasteiger partial charge in [-0.05, 0) is 49.3 Å². The second-order valence-electron chi connectivity index (χ2n) is 6.00. The number of hydrogen-bond donors (Lipinski definition) is 1. The summed E-state index contributed by atoms with van der Waals surface area (Å²) < 4.78 is 5.72. The van der Waals surface area contributed by atoms with Crippen molar-refractivity contribution in [2.45, 2.75) is 65.3 Å². The van der Waals surface area contributed by atoms with E-state index in [1.165, 1.54) is 18.4 Å². The Morgan fingerprint density at radius 2 is 1.75 bits per heavy atom. The summed E-state index contributed by atoms with van der Waals surface area (Å²) in [5.74, 6) is 1.57. The van der Waals surface area contributed by atoms with Gasteiger partial charge in [0.05, 0.1) is 6.61 Å². The summed E-state index contributed by atoms with van der Waals surface area (Å²) >= 11 is 0. The highest BCUT2D eigenvalue weighted by atomic mass is 16.5. The van der Waals surface area contributed by atoms with Gasteiger partial charge in [-0.15, -0.1) is 0 Å². The topological polar surface area (TPSA) is 35.2 Å². The molecule has 1 unspecified atom stereocenters. The van der Waals surface area contributed by atoms with Gasteiger partial charge in [-0.25, -0.2) is 0 Å². The van der Waals surface area contributed by atoms with E-state index in [1.807, 2.05) is 0 Å². The summed E-state index contributed by atoms with van der Waals surface area (Å²) in [6.07, 6.45) is 7.00. The van der Waals surface area contributed by atoms with Crippen molar-refractivity contribution in [3.05, 3.63) is 29.8 Å². The summed E-state index contributed by atoms with van der Waals surface area (Å²) in [5, 5.41) is 0. The van der Waals surface area contributed by atoms with E-state index in [1.54, 1.807) is 0 Å². The monoisotopic (exact) mass is 277 g/mol. The third-order valence-corrected chi connectivity index (χ3v) is 3.80. The largest absolute Gasteiger partial charge is 0.494 e. The standard InChI is InChI=1S/C18H31NO/c1-4-5-6-14-20-17-12-10-16(11-13-17)8-7-9-18(19)15(2)3/h10-13,15,18H,4-9,14,19H2,1-3H3. The predicted molar refractivity (Wildman–Crippen MR) is 87.2 cm³/mol. The summed E-state index contributed by atoms with van der Waals surface area (Å²) in [4.78, 5) is 0. The van der Waals surface area contributed by atoms with E-state index in [9.17, 15) is 0 Å². The van der Waals surface area contributed by atoms with Gasteiger partial charge in [0.15, 0.2) is 0 Å². The smallest absolute Gasteiger partial charge is 0.119 e. The van der Waals surface area contributed by atoms with E-state index in [4.69, 9.17) is 10.5 Å². The number of rotatable bonds is 10. The van der Waals surface area contributed by atoms with Crippen molar-refractivity contribution >= 4 is 0 Å². The van der Waals surface area contributed by atoms with Gasteiger partial charge in [-0.3, -0.25) is 0 Å². The van der Waals surface area contributed by atoms with Crippen molar-refractivity contribution in [1.82, 2.24) is 0 Å². The van der Waals surface area contributed by atoms with Crippen LogP contribution in [0.25, 0.3) is 0 Å². The Hall–Kier alpha value is -1.02. The number of aryl methyl sites for hydroxylation is 1. The molecular weight excluding hydrogens is 246 g/mol. The van der Waals surface area contributed by atoms with Crippen LogP contribution in [-0.4, -0.2) is 12.6 Å².